The fourth-order valence-corrected chi connectivity index (χ4v) is 7.29. The summed E-state index contributed by atoms with van der Waals surface area (Å²) in [6.45, 7) is 2.04. The van der Waals surface area contributed by atoms with Gasteiger partial charge in [0.15, 0.2) is 23.1 Å². The number of nitrogens with zero attached hydrogens (tertiary/aromatic N) is 1. The molecule has 4 heterocycles. The minimum atomic E-state index is -1.36. The Morgan fingerprint density at radius 3 is 2.45 bits per heavy atom. The van der Waals surface area contributed by atoms with E-state index in [1.165, 1.54) is 0 Å². The first-order valence-electron chi connectivity index (χ1n) is 14.0. The first kappa shape index (κ1) is 24.6. The van der Waals surface area contributed by atoms with Crippen LogP contribution in [0.1, 0.15) is 49.0 Å². The average molecular weight is 555 g/mol. The van der Waals surface area contributed by atoms with Crippen LogP contribution in [0.15, 0.2) is 97.2 Å². The van der Waals surface area contributed by atoms with E-state index in [0.717, 1.165) is 22.3 Å². The number of ether oxygens (including phenoxy) is 2. The normalized spacial score (nSPS) is 24.3. The van der Waals surface area contributed by atoms with E-state index in [9.17, 15) is 14.4 Å². The first-order chi connectivity index (χ1) is 20.5. The van der Waals surface area contributed by atoms with E-state index in [1.54, 1.807) is 30.3 Å². The second kappa shape index (κ2) is 8.91. The summed E-state index contributed by atoms with van der Waals surface area (Å²) in [5, 5.41) is 3.08. The van der Waals surface area contributed by atoms with Gasteiger partial charge in [0.2, 0.25) is 12.7 Å². The summed E-state index contributed by atoms with van der Waals surface area (Å²) in [5.74, 6) is -0.772. The van der Waals surface area contributed by atoms with Gasteiger partial charge in [-0.15, -0.1) is 0 Å². The van der Waals surface area contributed by atoms with Crippen molar-refractivity contribution in [3.05, 3.63) is 131 Å². The van der Waals surface area contributed by atoms with E-state index in [2.05, 4.69) is 5.32 Å². The first-order valence-corrected chi connectivity index (χ1v) is 14.0. The Labute approximate surface area is 242 Å². The van der Waals surface area contributed by atoms with Gasteiger partial charge in [0.05, 0.1) is 12.0 Å². The van der Waals surface area contributed by atoms with Gasteiger partial charge in [0.1, 0.15) is 11.5 Å². The summed E-state index contributed by atoms with van der Waals surface area (Å²) >= 11 is 0. The van der Waals surface area contributed by atoms with Crippen molar-refractivity contribution in [3.63, 3.8) is 0 Å². The number of Topliss-reactive ketones (excluding diaryl/α,β-unsaturated/α-hetero) is 2. The molecule has 4 atom stereocenters. The van der Waals surface area contributed by atoms with E-state index < -0.39 is 23.4 Å². The largest absolute Gasteiger partial charge is 0.454 e. The zero-order valence-corrected chi connectivity index (χ0v) is 22.7. The number of ketones is 2. The molecule has 4 aliphatic heterocycles. The molecule has 0 radical (unpaired) electrons. The molecule has 4 aliphatic rings. The third-order valence-corrected chi connectivity index (χ3v) is 9.11. The van der Waals surface area contributed by atoms with Crippen molar-refractivity contribution in [2.24, 2.45) is 5.92 Å². The summed E-state index contributed by atoms with van der Waals surface area (Å²) < 4.78 is 11.1. The van der Waals surface area contributed by atoms with Crippen molar-refractivity contribution in [2.45, 2.75) is 24.4 Å². The third-order valence-electron chi connectivity index (χ3n) is 9.11. The van der Waals surface area contributed by atoms with Gasteiger partial charge in [0, 0.05) is 23.0 Å². The molecule has 0 saturated carbocycles. The van der Waals surface area contributed by atoms with Crippen molar-refractivity contribution in [1.82, 2.24) is 4.90 Å². The van der Waals surface area contributed by atoms with Gasteiger partial charge in [-0.2, -0.15) is 0 Å². The Hall–Kier alpha value is -5.17. The number of carbonyl (C=O) groups excluding carboxylic acids is 3. The molecule has 0 aromatic heterocycles. The number of nitrogens with one attached hydrogen (secondary N) is 1. The van der Waals surface area contributed by atoms with Crippen molar-refractivity contribution in [1.29, 1.82) is 0 Å². The molecule has 1 saturated heterocycles. The highest BCUT2D eigenvalue weighted by atomic mass is 16.7. The fourth-order valence-electron chi connectivity index (χ4n) is 7.29. The van der Waals surface area contributed by atoms with Crippen LogP contribution in [0.4, 0.5) is 5.69 Å². The number of amides is 1. The van der Waals surface area contributed by atoms with Gasteiger partial charge in [-0.3, -0.25) is 14.4 Å². The van der Waals surface area contributed by atoms with Crippen LogP contribution in [-0.2, 0) is 10.2 Å². The molecule has 0 aliphatic carbocycles. The minimum absolute atomic E-state index is 0.0821. The lowest BCUT2D eigenvalue weighted by Crippen LogP contribution is -2.49. The molecule has 42 heavy (non-hydrogen) atoms. The Bertz CT molecular complexity index is 1840. The lowest BCUT2D eigenvalue weighted by Gasteiger charge is -2.38. The van der Waals surface area contributed by atoms with Gasteiger partial charge in [-0.05, 0) is 54.0 Å². The predicted octanol–water partition coefficient (Wildman–Crippen LogP) is 5.71. The quantitative estimate of drug-likeness (QED) is 0.326. The summed E-state index contributed by atoms with van der Waals surface area (Å²) in [7, 11) is 0. The molecule has 1 amide bonds. The van der Waals surface area contributed by atoms with Gasteiger partial charge in [0.25, 0.3) is 0 Å². The van der Waals surface area contributed by atoms with E-state index in [-0.39, 0.29) is 24.3 Å². The topological polar surface area (TPSA) is 84.9 Å². The molecular formula is C35H26N2O5. The maximum Gasteiger partial charge on any atom is 0.238 e. The predicted molar refractivity (Wildman–Crippen MR) is 156 cm³/mol. The van der Waals surface area contributed by atoms with E-state index >= 15 is 0 Å². The van der Waals surface area contributed by atoms with Crippen LogP contribution in [0.3, 0.4) is 0 Å². The highest BCUT2D eigenvalue weighted by Gasteiger charge is 2.70. The Kier molecular flexibility index (Phi) is 5.22. The zero-order chi connectivity index (χ0) is 28.6. The molecule has 7 nitrogen and oxygen atoms in total. The number of rotatable bonds is 4. The summed E-state index contributed by atoms with van der Waals surface area (Å²) in [6, 6.07) is 26.3. The molecular weight excluding hydrogens is 528 g/mol. The lowest BCUT2D eigenvalue weighted by atomic mass is 9.62. The van der Waals surface area contributed by atoms with Gasteiger partial charge >= 0.3 is 0 Å². The monoisotopic (exact) mass is 554 g/mol. The lowest BCUT2D eigenvalue weighted by molar-refractivity contribution is -0.122. The van der Waals surface area contributed by atoms with Crippen LogP contribution in [0.5, 0.6) is 11.5 Å². The molecule has 4 aromatic rings. The third kappa shape index (κ3) is 3.25. The van der Waals surface area contributed by atoms with Crippen LogP contribution in [0.25, 0.3) is 6.08 Å². The highest BCUT2D eigenvalue weighted by molar-refractivity contribution is 6.16. The molecule has 8 rings (SSSR count). The number of fused-ring (bicyclic) bond motifs is 7. The zero-order valence-electron chi connectivity index (χ0n) is 22.7. The molecule has 7 heteroatoms. The number of anilines is 1. The van der Waals surface area contributed by atoms with Crippen LogP contribution < -0.4 is 14.8 Å². The van der Waals surface area contributed by atoms with Gasteiger partial charge < -0.3 is 19.7 Å². The number of aryl methyl sites for hydroxylation is 1. The number of benzene rings is 4. The maximum absolute atomic E-state index is 14.8. The number of hydrogen-bond acceptors (Lipinski definition) is 6. The van der Waals surface area contributed by atoms with Crippen molar-refractivity contribution < 1.29 is 23.9 Å². The van der Waals surface area contributed by atoms with E-state index in [4.69, 9.17) is 9.47 Å². The van der Waals surface area contributed by atoms with Crippen LogP contribution in [-0.4, -0.2) is 35.2 Å². The highest BCUT2D eigenvalue weighted by Crippen LogP contribution is 2.62. The van der Waals surface area contributed by atoms with Crippen molar-refractivity contribution >= 4 is 29.2 Å². The average Bonchev–Trinajstić information content (AvgIpc) is 3.70. The number of hydrogen-bond donors (Lipinski definition) is 1. The molecule has 0 unspecified atom stereocenters. The number of carbonyl (C=O) groups is 3. The van der Waals surface area contributed by atoms with E-state index in [0.29, 0.717) is 28.3 Å². The second-order valence-corrected chi connectivity index (χ2v) is 11.2. The Balaban J connectivity index is 1.40. The van der Waals surface area contributed by atoms with E-state index in [1.807, 2.05) is 84.8 Å². The van der Waals surface area contributed by atoms with Gasteiger partial charge in [-0.25, -0.2) is 0 Å². The molecule has 1 spiro atoms. The summed E-state index contributed by atoms with van der Waals surface area (Å²) in [5.41, 5.74) is 3.73. The minimum Gasteiger partial charge on any atom is -0.454 e. The molecule has 1 N–H and O–H groups in total. The summed E-state index contributed by atoms with van der Waals surface area (Å²) in [4.78, 5) is 46.0. The molecule has 0 bridgehead atoms. The Morgan fingerprint density at radius 2 is 1.60 bits per heavy atom. The summed E-state index contributed by atoms with van der Waals surface area (Å²) in [6.07, 6.45) is 3.83. The smallest absolute Gasteiger partial charge is 0.238 e. The van der Waals surface area contributed by atoms with Crippen molar-refractivity contribution in [2.75, 3.05) is 12.1 Å². The van der Waals surface area contributed by atoms with Crippen LogP contribution in [0, 0.1) is 12.8 Å². The number of para-hydroxylation sites is 1. The molecule has 206 valence electrons. The van der Waals surface area contributed by atoms with Crippen molar-refractivity contribution in [3.8, 4) is 11.5 Å². The van der Waals surface area contributed by atoms with Gasteiger partial charge in [-0.1, -0.05) is 72.3 Å². The Morgan fingerprint density at radius 1 is 0.857 bits per heavy atom. The molecule has 4 aromatic carbocycles. The SMILES string of the molecule is Cc1ccc(C(=O)[C@H]2[C@H](C(=O)c3ccc4c(c3)OCO4)N3C=Cc4ccccc4[C@@H]3[C@]23C(=O)Nc2ccccc23)cc1. The maximum atomic E-state index is 14.8. The standard InChI is InChI=1S/C35H26N2O5/c1-20-10-12-22(13-11-20)31(38)29-30(32(39)23-14-15-27-28(18-23)42-19-41-27)37-17-16-21-6-2-3-7-24(21)33(37)35(29)25-8-4-5-9-26(25)36-34(35)40/h2-18,29-30,33H,19H2,1H3,(H,36,40)/t29-,30-,33-,35-/m1/s1. The second-order valence-electron chi connectivity index (χ2n) is 11.2. The van der Waals surface area contributed by atoms with Crippen LogP contribution in [0.2, 0.25) is 0 Å². The van der Waals surface area contributed by atoms with Crippen LogP contribution >= 0.6 is 0 Å². The molecule has 1 fully saturated rings. The fraction of sp³-hybridized carbons (Fsp3) is 0.171.